The predicted octanol–water partition coefficient (Wildman–Crippen LogP) is 3.40. The largest absolute Gasteiger partial charge is 0.419 e. The first kappa shape index (κ1) is 13.5. The van der Waals surface area contributed by atoms with Crippen molar-refractivity contribution in [3.8, 4) is 11.5 Å². The van der Waals surface area contributed by atoms with E-state index in [0.717, 1.165) is 22.1 Å². The molecular weight excluding hydrogens is 341 g/mol. The van der Waals surface area contributed by atoms with Gasteiger partial charge in [-0.2, -0.15) is 0 Å². The van der Waals surface area contributed by atoms with Gasteiger partial charge in [-0.25, -0.2) is 0 Å². The second-order valence-electron chi connectivity index (χ2n) is 4.10. The highest BCUT2D eigenvalue weighted by Crippen LogP contribution is 2.25. The first-order valence-electron chi connectivity index (χ1n) is 6.04. The third kappa shape index (κ3) is 3.08. The Balaban J connectivity index is 2.18. The maximum Gasteiger partial charge on any atom is 0.248 e. The Labute approximate surface area is 120 Å². The lowest BCUT2D eigenvalue weighted by molar-refractivity contribution is 0.423. The molecule has 2 rings (SSSR count). The Morgan fingerprint density at radius 1 is 1.33 bits per heavy atom. The number of hydrogen-bond acceptors (Lipinski definition) is 4. The maximum absolute atomic E-state index is 5.72. The normalized spacial score (nSPS) is 12.6. The standard InChI is InChI=1S/C13H16IN3O/c1-3-8-15-9(2)12-16-17-13(18-12)10-6-4-5-7-11(10)14/h4-7,9,15H,3,8H2,1-2H3. The van der Waals surface area contributed by atoms with Crippen LogP contribution in [0.25, 0.3) is 11.5 Å². The van der Waals surface area contributed by atoms with E-state index in [-0.39, 0.29) is 6.04 Å². The van der Waals surface area contributed by atoms with E-state index in [1.807, 2.05) is 31.2 Å². The number of nitrogens with one attached hydrogen (secondary N) is 1. The number of rotatable bonds is 5. The molecule has 0 aliphatic carbocycles. The molecule has 1 N–H and O–H groups in total. The van der Waals surface area contributed by atoms with E-state index in [1.54, 1.807) is 0 Å². The lowest BCUT2D eigenvalue weighted by Gasteiger charge is -2.07. The van der Waals surface area contributed by atoms with Crippen molar-refractivity contribution in [3.63, 3.8) is 0 Å². The fourth-order valence-electron chi connectivity index (χ4n) is 1.60. The van der Waals surface area contributed by atoms with E-state index in [9.17, 15) is 0 Å². The molecule has 1 aromatic heterocycles. The van der Waals surface area contributed by atoms with Gasteiger partial charge in [0, 0.05) is 3.57 Å². The van der Waals surface area contributed by atoms with E-state index in [0.29, 0.717) is 11.8 Å². The molecule has 0 saturated carbocycles. The van der Waals surface area contributed by atoms with Crippen LogP contribution < -0.4 is 5.32 Å². The summed E-state index contributed by atoms with van der Waals surface area (Å²) in [6.45, 7) is 5.11. The average molecular weight is 357 g/mol. The third-order valence-electron chi connectivity index (χ3n) is 2.62. The zero-order valence-electron chi connectivity index (χ0n) is 10.5. The van der Waals surface area contributed by atoms with E-state index in [1.165, 1.54) is 0 Å². The fraction of sp³-hybridized carbons (Fsp3) is 0.385. The summed E-state index contributed by atoms with van der Waals surface area (Å²) in [4.78, 5) is 0. The van der Waals surface area contributed by atoms with E-state index in [2.05, 4.69) is 45.0 Å². The Morgan fingerprint density at radius 2 is 2.11 bits per heavy atom. The van der Waals surface area contributed by atoms with Gasteiger partial charge in [0.25, 0.3) is 0 Å². The van der Waals surface area contributed by atoms with E-state index in [4.69, 9.17) is 4.42 Å². The maximum atomic E-state index is 5.72. The molecule has 4 nitrogen and oxygen atoms in total. The quantitative estimate of drug-likeness (QED) is 0.834. The molecule has 18 heavy (non-hydrogen) atoms. The minimum absolute atomic E-state index is 0.0903. The van der Waals surface area contributed by atoms with E-state index >= 15 is 0 Å². The third-order valence-corrected chi connectivity index (χ3v) is 3.56. The molecule has 0 amide bonds. The van der Waals surface area contributed by atoms with E-state index < -0.39 is 0 Å². The summed E-state index contributed by atoms with van der Waals surface area (Å²) in [5.41, 5.74) is 0.986. The molecule has 2 aromatic rings. The van der Waals surface area contributed by atoms with Gasteiger partial charge in [-0.05, 0) is 54.6 Å². The Kier molecular flexibility index (Phi) is 4.71. The highest BCUT2D eigenvalue weighted by atomic mass is 127. The first-order valence-corrected chi connectivity index (χ1v) is 7.12. The van der Waals surface area contributed by atoms with Gasteiger partial charge < -0.3 is 9.73 Å². The Hall–Kier alpha value is -0.950. The average Bonchev–Trinajstić information content (AvgIpc) is 2.86. The molecule has 0 fully saturated rings. The van der Waals surface area contributed by atoms with Crippen LogP contribution in [0.4, 0.5) is 0 Å². The van der Waals surface area contributed by atoms with Gasteiger partial charge in [0.1, 0.15) is 0 Å². The van der Waals surface area contributed by atoms with Crippen LogP contribution in [-0.2, 0) is 0 Å². The van der Waals surface area contributed by atoms with Crippen molar-refractivity contribution < 1.29 is 4.42 Å². The van der Waals surface area contributed by atoms with Gasteiger partial charge in [0.05, 0.1) is 11.6 Å². The van der Waals surface area contributed by atoms with Crippen molar-refractivity contribution in [2.24, 2.45) is 0 Å². The van der Waals surface area contributed by atoms with Crippen LogP contribution in [0.15, 0.2) is 28.7 Å². The molecule has 0 aliphatic heterocycles. The summed E-state index contributed by atoms with van der Waals surface area (Å²) >= 11 is 2.27. The summed E-state index contributed by atoms with van der Waals surface area (Å²) in [6.07, 6.45) is 1.09. The van der Waals surface area contributed by atoms with Crippen molar-refractivity contribution in [1.82, 2.24) is 15.5 Å². The topological polar surface area (TPSA) is 51.0 Å². The molecule has 1 atom stereocenters. The molecule has 1 heterocycles. The van der Waals surface area contributed by atoms with Gasteiger partial charge in [-0.3, -0.25) is 0 Å². The van der Waals surface area contributed by atoms with Crippen LogP contribution >= 0.6 is 22.6 Å². The van der Waals surface area contributed by atoms with Crippen LogP contribution in [0.3, 0.4) is 0 Å². The molecule has 1 aromatic carbocycles. The van der Waals surface area contributed by atoms with Crippen molar-refractivity contribution in [1.29, 1.82) is 0 Å². The van der Waals surface area contributed by atoms with Crippen LogP contribution in [-0.4, -0.2) is 16.7 Å². The van der Waals surface area contributed by atoms with Crippen molar-refractivity contribution in [2.45, 2.75) is 26.3 Å². The molecule has 0 bridgehead atoms. The van der Waals surface area contributed by atoms with Gasteiger partial charge in [-0.15, -0.1) is 10.2 Å². The van der Waals surface area contributed by atoms with Crippen molar-refractivity contribution in [3.05, 3.63) is 33.7 Å². The SMILES string of the molecule is CCCNC(C)c1nnc(-c2ccccc2I)o1. The van der Waals surface area contributed by atoms with Crippen LogP contribution in [0.2, 0.25) is 0 Å². The minimum atomic E-state index is 0.0903. The zero-order valence-corrected chi connectivity index (χ0v) is 12.6. The van der Waals surface area contributed by atoms with Crippen LogP contribution in [0.1, 0.15) is 32.2 Å². The number of hydrogen-bond donors (Lipinski definition) is 1. The zero-order chi connectivity index (χ0) is 13.0. The number of benzene rings is 1. The lowest BCUT2D eigenvalue weighted by Crippen LogP contribution is -2.19. The van der Waals surface area contributed by atoms with Gasteiger partial charge in [0.2, 0.25) is 11.8 Å². The summed E-state index contributed by atoms with van der Waals surface area (Å²) < 4.78 is 6.83. The van der Waals surface area contributed by atoms with Crippen LogP contribution in [0.5, 0.6) is 0 Å². The second kappa shape index (κ2) is 6.29. The van der Waals surface area contributed by atoms with Crippen molar-refractivity contribution in [2.75, 3.05) is 6.54 Å². The van der Waals surface area contributed by atoms with Gasteiger partial charge in [-0.1, -0.05) is 19.1 Å². The summed E-state index contributed by atoms with van der Waals surface area (Å²) in [7, 11) is 0. The van der Waals surface area contributed by atoms with Gasteiger partial charge in [0.15, 0.2) is 0 Å². The lowest BCUT2D eigenvalue weighted by atomic mass is 10.2. The highest BCUT2D eigenvalue weighted by Gasteiger charge is 2.15. The fourth-order valence-corrected chi connectivity index (χ4v) is 2.22. The molecular formula is C13H16IN3O. The monoisotopic (exact) mass is 357 g/mol. The summed E-state index contributed by atoms with van der Waals surface area (Å²) in [5.74, 6) is 1.22. The summed E-state index contributed by atoms with van der Waals surface area (Å²) in [5, 5.41) is 11.5. The highest BCUT2D eigenvalue weighted by molar-refractivity contribution is 14.1. The molecule has 0 radical (unpaired) electrons. The summed E-state index contributed by atoms with van der Waals surface area (Å²) in [6, 6.07) is 8.07. The molecule has 0 saturated heterocycles. The number of nitrogens with zero attached hydrogens (tertiary/aromatic N) is 2. The molecule has 0 spiro atoms. The predicted molar refractivity (Wildman–Crippen MR) is 79.2 cm³/mol. The Bertz CT molecular complexity index is 512. The molecule has 1 unspecified atom stereocenters. The smallest absolute Gasteiger partial charge is 0.248 e. The van der Waals surface area contributed by atoms with Gasteiger partial charge >= 0.3 is 0 Å². The second-order valence-corrected chi connectivity index (χ2v) is 5.26. The van der Waals surface area contributed by atoms with Crippen LogP contribution in [0, 0.1) is 3.57 Å². The number of aromatic nitrogens is 2. The molecule has 0 aliphatic rings. The number of halogens is 1. The first-order chi connectivity index (χ1) is 8.72. The molecule has 96 valence electrons. The van der Waals surface area contributed by atoms with Crippen molar-refractivity contribution >= 4 is 22.6 Å². The molecule has 5 heteroatoms. The minimum Gasteiger partial charge on any atom is -0.419 e. The Morgan fingerprint density at radius 3 is 2.83 bits per heavy atom.